The van der Waals surface area contributed by atoms with Crippen molar-refractivity contribution in [2.45, 2.75) is 62.4 Å². The van der Waals surface area contributed by atoms with Crippen LogP contribution in [0.25, 0.3) is 0 Å². The van der Waals surface area contributed by atoms with E-state index in [1.165, 1.54) is 13.2 Å². The average Bonchev–Trinajstić information content (AvgIpc) is 3.03. The Morgan fingerprint density at radius 3 is 2.44 bits per heavy atom. The summed E-state index contributed by atoms with van der Waals surface area (Å²) in [5.74, 6) is -3.77. The summed E-state index contributed by atoms with van der Waals surface area (Å²) in [6, 6.07) is 2.36. The number of carbonyl (C=O) groups is 3. The number of phenols is 2. The molecule has 2 heterocycles. The summed E-state index contributed by atoms with van der Waals surface area (Å²) < 4.78 is 23.0. The molecular formula is C31H36N2O12. The Labute approximate surface area is 257 Å². The number of nitrogens with two attached hydrogens (primary N) is 1. The Hall–Kier alpha value is -3.63. The standard InChI is InChI=1S/C31H36N2O12/c1-13-25(36)16(32)9-20(44-13)45-18-11-31(41,19(35)12-34)10-15-21(18)28(39)24-23(27(15)38)26(37)14-3-4-17(33-5-7-43-8-6-33)30(42-2)22(14)29(24)40/h3-4,13,16,18,20,25,34,36,38-39,41H,5-12,32H2,1-2H3/t13-,16-,18-,20-,25+,31-/m0/s1. The third-order valence-corrected chi connectivity index (χ3v) is 9.25. The van der Waals surface area contributed by atoms with Crippen LogP contribution in [0, 0.1) is 0 Å². The van der Waals surface area contributed by atoms with Crippen LogP contribution >= 0.6 is 0 Å². The number of fused-ring (bicyclic) bond motifs is 3. The fourth-order valence-electron chi connectivity index (χ4n) is 6.87. The SMILES string of the molecule is COc1c(N2CCOCC2)ccc2c1C(=O)c1c(O)c3c(c(O)c1C2=O)C[C@@](O)(C(=O)CO)C[C@@H]3O[C@H]1C[C@H](N)[C@H](O)[C@H](C)O1. The third kappa shape index (κ3) is 4.97. The number of nitrogens with zero attached hydrogens (tertiary/aromatic N) is 1. The molecule has 0 unspecified atom stereocenters. The molecular weight excluding hydrogens is 592 g/mol. The molecule has 6 rings (SSSR count). The van der Waals surface area contributed by atoms with Gasteiger partial charge in [0.2, 0.25) is 5.78 Å². The Morgan fingerprint density at radius 2 is 1.80 bits per heavy atom. The first kappa shape index (κ1) is 31.4. The highest BCUT2D eigenvalue weighted by Gasteiger charge is 2.50. The molecule has 0 saturated carbocycles. The van der Waals surface area contributed by atoms with E-state index in [0.29, 0.717) is 32.0 Å². The second kappa shape index (κ2) is 11.6. The molecule has 14 heteroatoms. The van der Waals surface area contributed by atoms with E-state index in [4.69, 9.17) is 24.7 Å². The lowest BCUT2D eigenvalue weighted by Gasteiger charge is -2.42. The van der Waals surface area contributed by atoms with E-state index in [0.717, 1.165) is 0 Å². The smallest absolute Gasteiger partial charge is 0.202 e. The number of ether oxygens (including phenoxy) is 4. The number of rotatable bonds is 6. The van der Waals surface area contributed by atoms with Crippen LogP contribution in [0.2, 0.25) is 0 Å². The van der Waals surface area contributed by atoms with E-state index in [9.17, 15) is 39.9 Å². The van der Waals surface area contributed by atoms with Gasteiger partial charge in [0.25, 0.3) is 0 Å². The second-order valence-corrected chi connectivity index (χ2v) is 11.9. The summed E-state index contributed by atoms with van der Waals surface area (Å²) in [7, 11) is 1.37. The molecule has 4 aliphatic rings. The van der Waals surface area contributed by atoms with Gasteiger partial charge in [0, 0.05) is 55.1 Å². The van der Waals surface area contributed by atoms with Gasteiger partial charge < -0.3 is 55.1 Å². The number of aliphatic hydroxyl groups excluding tert-OH is 2. The van der Waals surface area contributed by atoms with E-state index in [1.54, 1.807) is 13.0 Å². The van der Waals surface area contributed by atoms with Crippen LogP contribution < -0.4 is 15.4 Å². The highest BCUT2D eigenvalue weighted by molar-refractivity contribution is 6.32. The molecule has 0 radical (unpaired) electrons. The number of ketones is 3. The first-order valence-electron chi connectivity index (χ1n) is 14.8. The number of hydrogen-bond acceptors (Lipinski definition) is 14. The molecule has 2 fully saturated rings. The molecule has 0 bridgehead atoms. The normalized spacial score (nSPS) is 29.6. The minimum Gasteiger partial charge on any atom is -0.507 e. The third-order valence-electron chi connectivity index (χ3n) is 9.25. The van der Waals surface area contributed by atoms with Gasteiger partial charge in [-0.25, -0.2) is 0 Å². The predicted octanol–water partition coefficient (Wildman–Crippen LogP) is -0.162. The summed E-state index contributed by atoms with van der Waals surface area (Å²) >= 11 is 0. The van der Waals surface area contributed by atoms with Crippen LogP contribution in [0.1, 0.15) is 68.8 Å². The molecule has 242 valence electrons. The lowest BCUT2D eigenvalue weighted by Crippen LogP contribution is -2.53. The van der Waals surface area contributed by atoms with Crippen LogP contribution in [-0.4, -0.2) is 113 Å². The molecule has 2 saturated heterocycles. The first-order chi connectivity index (χ1) is 21.4. The minimum atomic E-state index is -2.26. The van der Waals surface area contributed by atoms with Gasteiger partial charge in [0.05, 0.1) is 61.0 Å². The number of aromatic hydroxyl groups is 2. The monoisotopic (exact) mass is 628 g/mol. The average molecular weight is 629 g/mol. The molecule has 45 heavy (non-hydrogen) atoms. The summed E-state index contributed by atoms with van der Waals surface area (Å²) in [5.41, 5.74) is 2.94. The Morgan fingerprint density at radius 1 is 1.11 bits per heavy atom. The van der Waals surface area contributed by atoms with Crippen molar-refractivity contribution in [1.82, 2.24) is 0 Å². The van der Waals surface area contributed by atoms with Gasteiger partial charge in [0.15, 0.2) is 23.6 Å². The van der Waals surface area contributed by atoms with Crippen molar-refractivity contribution in [3.63, 3.8) is 0 Å². The lowest BCUT2D eigenvalue weighted by molar-refractivity contribution is -0.247. The van der Waals surface area contributed by atoms with Gasteiger partial charge >= 0.3 is 0 Å². The number of anilines is 1. The van der Waals surface area contributed by atoms with Crippen molar-refractivity contribution in [3.8, 4) is 17.2 Å². The van der Waals surface area contributed by atoms with Crippen LogP contribution in [0.15, 0.2) is 12.1 Å². The molecule has 14 nitrogen and oxygen atoms in total. The number of carbonyl (C=O) groups excluding carboxylic acids is 3. The predicted molar refractivity (Wildman–Crippen MR) is 155 cm³/mol. The number of methoxy groups -OCH3 is 1. The van der Waals surface area contributed by atoms with Gasteiger partial charge in [-0.2, -0.15) is 0 Å². The fraction of sp³-hybridized carbons (Fsp3) is 0.516. The molecule has 2 aromatic carbocycles. The van der Waals surface area contributed by atoms with Crippen LogP contribution in [0.4, 0.5) is 5.69 Å². The van der Waals surface area contributed by atoms with Crippen molar-refractivity contribution in [2.24, 2.45) is 5.73 Å². The summed E-state index contributed by atoms with van der Waals surface area (Å²) in [5, 5.41) is 54.6. The van der Waals surface area contributed by atoms with E-state index < -0.39 is 95.7 Å². The van der Waals surface area contributed by atoms with E-state index in [2.05, 4.69) is 0 Å². The highest BCUT2D eigenvalue weighted by atomic mass is 16.7. The maximum absolute atomic E-state index is 14.2. The Kier molecular flexibility index (Phi) is 8.10. The van der Waals surface area contributed by atoms with Gasteiger partial charge in [0.1, 0.15) is 23.7 Å². The maximum Gasteiger partial charge on any atom is 0.202 e. The highest BCUT2D eigenvalue weighted by Crippen LogP contribution is 2.53. The molecule has 0 aromatic heterocycles. The van der Waals surface area contributed by atoms with E-state index in [1.807, 2.05) is 4.90 Å². The molecule has 2 aliphatic carbocycles. The van der Waals surface area contributed by atoms with E-state index in [-0.39, 0.29) is 34.4 Å². The molecule has 2 aromatic rings. The van der Waals surface area contributed by atoms with Gasteiger partial charge in [-0.05, 0) is 19.1 Å². The van der Waals surface area contributed by atoms with Crippen LogP contribution in [-0.2, 0) is 25.4 Å². The molecule has 0 amide bonds. The van der Waals surface area contributed by atoms with Gasteiger partial charge in [-0.1, -0.05) is 0 Å². The van der Waals surface area contributed by atoms with Crippen molar-refractivity contribution in [1.29, 1.82) is 0 Å². The first-order valence-corrected chi connectivity index (χ1v) is 14.8. The summed E-state index contributed by atoms with van der Waals surface area (Å²) in [6.45, 7) is 2.50. The number of aliphatic hydroxyl groups is 3. The van der Waals surface area contributed by atoms with E-state index >= 15 is 0 Å². The molecule has 7 N–H and O–H groups in total. The number of morpholine rings is 1. The zero-order valence-electron chi connectivity index (χ0n) is 24.8. The molecule has 0 spiro atoms. The van der Waals surface area contributed by atoms with Crippen molar-refractivity contribution in [3.05, 3.63) is 45.5 Å². The van der Waals surface area contributed by atoms with Crippen LogP contribution in [0.3, 0.4) is 0 Å². The van der Waals surface area contributed by atoms with Crippen molar-refractivity contribution < 1.29 is 58.9 Å². The summed E-state index contributed by atoms with van der Waals surface area (Å²) in [6.07, 6.45) is -5.22. The number of hydrogen-bond donors (Lipinski definition) is 6. The maximum atomic E-state index is 14.2. The Bertz CT molecular complexity index is 1560. The molecule has 6 atom stereocenters. The quantitative estimate of drug-likeness (QED) is 0.196. The summed E-state index contributed by atoms with van der Waals surface area (Å²) in [4.78, 5) is 42.9. The number of phenolic OH excluding ortho intramolecular Hbond substituents is 2. The molecule has 2 aliphatic heterocycles. The number of benzene rings is 2. The van der Waals surface area contributed by atoms with Crippen LogP contribution in [0.5, 0.6) is 17.2 Å². The topological polar surface area (TPSA) is 219 Å². The van der Waals surface area contributed by atoms with Crippen molar-refractivity contribution in [2.75, 3.05) is 44.9 Å². The van der Waals surface area contributed by atoms with Crippen molar-refractivity contribution >= 4 is 23.0 Å². The minimum absolute atomic E-state index is 0.00765. The van der Waals surface area contributed by atoms with Gasteiger partial charge in [-0.15, -0.1) is 0 Å². The van der Waals surface area contributed by atoms with Gasteiger partial charge in [-0.3, -0.25) is 14.4 Å². The Balaban J connectivity index is 1.50. The largest absolute Gasteiger partial charge is 0.507 e. The zero-order valence-corrected chi connectivity index (χ0v) is 24.8. The fourth-order valence-corrected chi connectivity index (χ4v) is 6.87. The number of Topliss-reactive ketones (excluding diaryl/α,β-unsaturated/α-hetero) is 1. The lowest BCUT2D eigenvalue weighted by atomic mass is 9.71. The second-order valence-electron chi connectivity index (χ2n) is 11.9. The zero-order chi connectivity index (χ0) is 32.4.